The lowest BCUT2D eigenvalue weighted by Gasteiger charge is -2.37. The molecule has 0 bridgehead atoms. The minimum absolute atomic E-state index is 0.199. The second-order valence-electron chi connectivity index (χ2n) is 7.20. The number of likely N-dealkylation sites (tertiary alicyclic amines) is 1. The average molecular weight is 342 g/mol. The molecule has 2 aliphatic rings. The van der Waals surface area contributed by atoms with E-state index in [1.807, 2.05) is 31.2 Å². The minimum Gasteiger partial charge on any atom is -0.494 e. The first-order chi connectivity index (χ1) is 11.9. The van der Waals surface area contributed by atoms with Gasteiger partial charge in [0, 0.05) is 20.1 Å². The highest BCUT2D eigenvalue weighted by Crippen LogP contribution is 2.34. The molecule has 0 aromatic heterocycles. The lowest BCUT2D eigenvalue weighted by Crippen LogP contribution is -2.41. The number of imide groups is 1. The van der Waals surface area contributed by atoms with Gasteiger partial charge in [-0.1, -0.05) is 26.0 Å². The Morgan fingerprint density at radius 2 is 1.64 bits per heavy atom. The number of benzene rings is 1. The van der Waals surface area contributed by atoms with E-state index in [2.05, 4.69) is 18.7 Å². The van der Waals surface area contributed by atoms with E-state index < -0.39 is 0 Å². The molecule has 1 aromatic rings. The van der Waals surface area contributed by atoms with Crippen molar-refractivity contribution < 1.29 is 14.3 Å². The topological polar surface area (TPSA) is 49.9 Å². The Hall–Kier alpha value is -2.30. The van der Waals surface area contributed by atoms with Crippen molar-refractivity contribution in [1.29, 1.82) is 0 Å². The van der Waals surface area contributed by atoms with Crippen molar-refractivity contribution in [2.75, 3.05) is 26.7 Å². The predicted molar refractivity (Wildman–Crippen MR) is 96.8 cm³/mol. The van der Waals surface area contributed by atoms with E-state index in [9.17, 15) is 9.59 Å². The molecule has 3 rings (SSSR count). The van der Waals surface area contributed by atoms with E-state index >= 15 is 0 Å². The Balaban J connectivity index is 2.02. The van der Waals surface area contributed by atoms with Gasteiger partial charge in [0.15, 0.2) is 0 Å². The molecule has 2 unspecified atom stereocenters. The summed E-state index contributed by atoms with van der Waals surface area (Å²) in [7, 11) is 1.56. The largest absolute Gasteiger partial charge is 0.494 e. The van der Waals surface area contributed by atoms with Crippen LogP contribution in [0.25, 0.3) is 5.57 Å². The molecule has 0 radical (unpaired) electrons. The van der Waals surface area contributed by atoms with E-state index in [-0.39, 0.29) is 11.8 Å². The molecular formula is C20H26N2O3. The van der Waals surface area contributed by atoms with Crippen molar-refractivity contribution in [2.24, 2.45) is 11.8 Å². The number of hydrogen-bond acceptors (Lipinski definition) is 4. The van der Waals surface area contributed by atoms with E-state index in [0.717, 1.165) is 30.8 Å². The number of rotatable bonds is 4. The van der Waals surface area contributed by atoms with Crippen molar-refractivity contribution in [3.8, 4) is 5.75 Å². The number of nitrogens with zero attached hydrogens (tertiary/aromatic N) is 2. The Morgan fingerprint density at radius 1 is 1.04 bits per heavy atom. The third-order valence-electron chi connectivity index (χ3n) is 4.90. The zero-order valence-electron chi connectivity index (χ0n) is 15.4. The molecule has 0 aliphatic carbocycles. The SMILES string of the molecule is CCOc1ccc(C2=C(N3CC(C)CC(C)C3)C(=O)N(C)C2=O)cc1. The maximum absolute atomic E-state index is 12.8. The summed E-state index contributed by atoms with van der Waals surface area (Å²) in [4.78, 5) is 28.8. The molecule has 0 saturated carbocycles. The molecule has 2 heterocycles. The van der Waals surface area contributed by atoms with Crippen LogP contribution in [0.15, 0.2) is 30.0 Å². The van der Waals surface area contributed by atoms with Gasteiger partial charge in [-0.05, 0) is 42.9 Å². The average Bonchev–Trinajstić information content (AvgIpc) is 2.79. The standard InChI is InChI=1S/C20H26N2O3/c1-5-25-16-8-6-15(7-9-16)17-18(20(24)21(4)19(17)23)22-11-13(2)10-14(3)12-22/h6-9,13-14H,5,10-12H2,1-4H3. The Labute approximate surface area is 149 Å². The van der Waals surface area contributed by atoms with Crippen molar-refractivity contribution in [3.63, 3.8) is 0 Å². The number of piperidine rings is 1. The maximum atomic E-state index is 12.8. The van der Waals surface area contributed by atoms with Crippen LogP contribution in [0.5, 0.6) is 5.75 Å². The van der Waals surface area contributed by atoms with Gasteiger partial charge in [-0.3, -0.25) is 14.5 Å². The summed E-state index contributed by atoms with van der Waals surface area (Å²) >= 11 is 0. The van der Waals surface area contributed by atoms with Gasteiger partial charge < -0.3 is 9.64 Å². The molecule has 2 atom stereocenters. The van der Waals surface area contributed by atoms with Gasteiger partial charge in [0.1, 0.15) is 11.4 Å². The first kappa shape index (κ1) is 17.5. The predicted octanol–water partition coefficient (Wildman–Crippen LogP) is 2.77. The van der Waals surface area contributed by atoms with Crippen LogP contribution in [0.2, 0.25) is 0 Å². The highest BCUT2D eigenvalue weighted by Gasteiger charge is 2.40. The third kappa shape index (κ3) is 3.28. The van der Waals surface area contributed by atoms with Crippen molar-refractivity contribution in [1.82, 2.24) is 9.80 Å². The van der Waals surface area contributed by atoms with Crippen molar-refractivity contribution in [2.45, 2.75) is 27.2 Å². The van der Waals surface area contributed by atoms with Crippen LogP contribution in [0.4, 0.5) is 0 Å². The number of carbonyl (C=O) groups excluding carboxylic acids is 2. The molecule has 0 N–H and O–H groups in total. The van der Waals surface area contributed by atoms with Crippen LogP contribution in [0, 0.1) is 11.8 Å². The quantitative estimate of drug-likeness (QED) is 0.790. The number of carbonyl (C=O) groups is 2. The Morgan fingerprint density at radius 3 is 2.20 bits per heavy atom. The highest BCUT2D eigenvalue weighted by molar-refractivity contribution is 6.35. The van der Waals surface area contributed by atoms with E-state index in [1.54, 1.807) is 7.05 Å². The lowest BCUT2D eigenvalue weighted by atomic mass is 9.91. The van der Waals surface area contributed by atoms with Gasteiger partial charge in [0.25, 0.3) is 11.8 Å². The van der Waals surface area contributed by atoms with Gasteiger partial charge in [-0.2, -0.15) is 0 Å². The molecule has 2 amide bonds. The van der Waals surface area contributed by atoms with Gasteiger partial charge in [-0.25, -0.2) is 0 Å². The summed E-state index contributed by atoms with van der Waals surface area (Å²) in [5.74, 6) is 1.35. The number of likely N-dealkylation sites (N-methyl/N-ethyl adjacent to an activating group) is 1. The molecular weight excluding hydrogens is 316 g/mol. The summed E-state index contributed by atoms with van der Waals surface area (Å²) in [6, 6.07) is 7.42. The lowest BCUT2D eigenvalue weighted by molar-refractivity contribution is -0.136. The zero-order chi connectivity index (χ0) is 18.1. The van der Waals surface area contributed by atoms with Crippen LogP contribution >= 0.6 is 0 Å². The van der Waals surface area contributed by atoms with Crippen LogP contribution in [0.3, 0.4) is 0 Å². The summed E-state index contributed by atoms with van der Waals surface area (Å²) in [5, 5.41) is 0. The van der Waals surface area contributed by atoms with E-state index in [4.69, 9.17) is 4.74 Å². The normalized spacial score (nSPS) is 24.3. The van der Waals surface area contributed by atoms with Crippen LogP contribution in [-0.2, 0) is 9.59 Å². The van der Waals surface area contributed by atoms with Gasteiger partial charge in [-0.15, -0.1) is 0 Å². The smallest absolute Gasteiger partial charge is 0.277 e. The summed E-state index contributed by atoms with van der Waals surface area (Å²) < 4.78 is 5.48. The zero-order valence-corrected chi connectivity index (χ0v) is 15.4. The highest BCUT2D eigenvalue weighted by atomic mass is 16.5. The molecule has 2 aliphatic heterocycles. The summed E-state index contributed by atoms with van der Waals surface area (Å²) in [6.45, 7) is 8.55. The molecule has 5 nitrogen and oxygen atoms in total. The Bertz CT molecular complexity index is 698. The maximum Gasteiger partial charge on any atom is 0.277 e. The second kappa shape index (κ2) is 6.90. The number of ether oxygens (including phenoxy) is 1. The minimum atomic E-state index is -0.227. The fourth-order valence-electron chi connectivity index (χ4n) is 3.91. The summed E-state index contributed by atoms with van der Waals surface area (Å²) in [6.07, 6.45) is 1.15. The van der Waals surface area contributed by atoms with Crippen molar-refractivity contribution in [3.05, 3.63) is 35.5 Å². The Kier molecular flexibility index (Phi) is 4.84. The first-order valence-electron chi connectivity index (χ1n) is 8.97. The second-order valence-corrected chi connectivity index (χ2v) is 7.20. The molecule has 1 aromatic carbocycles. The molecule has 1 saturated heterocycles. The molecule has 0 spiro atoms. The number of amides is 2. The number of hydrogen-bond donors (Lipinski definition) is 0. The first-order valence-corrected chi connectivity index (χ1v) is 8.97. The van der Waals surface area contributed by atoms with Crippen LogP contribution < -0.4 is 4.74 Å². The van der Waals surface area contributed by atoms with Gasteiger partial charge in [0.05, 0.1) is 12.2 Å². The molecule has 1 fully saturated rings. The fraction of sp³-hybridized carbons (Fsp3) is 0.500. The van der Waals surface area contributed by atoms with Crippen LogP contribution in [-0.4, -0.2) is 48.4 Å². The monoisotopic (exact) mass is 342 g/mol. The van der Waals surface area contributed by atoms with Crippen LogP contribution in [0.1, 0.15) is 32.8 Å². The fourth-order valence-corrected chi connectivity index (χ4v) is 3.91. The van der Waals surface area contributed by atoms with Gasteiger partial charge in [0.2, 0.25) is 0 Å². The molecule has 5 heteroatoms. The van der Waals surface area contributed by atoms with Crippen molar-refractivity contribution >= 4 is 17.4 Å². The molecule has 25 heavy (non-hydrogen) atoms. The summed E-state index contributed by atoms with van der Waals surface area (Å²) in [5.41, 5.74) is 1.83. The third-order valence-corrected chi connectivity index (χ3v) is 4.90. The van der Waals surface area contributed by atoms with E-state index in [0.29, 0.717) is 29.7 Å². The van der Waals surface area contributed by atoms with Gasteiger partial charge >= 0.3 is 0 Å². The van der Waals surface area contributed by atoms with E-state index in [1.165, 1.54) is 4.90 Å². The molecule has 134 valence electrons.